The van der Waals surface area contributed by atoms with E-state index in [9.17, 15) is 14.9 Å². The van der Waals surface area contributed by atoms with E-state index in [4.69, 9.17) is 0 Å². The number of non-ortho nitro benzene ring substituents is 1. The number of benzene rings is 1. The first-order chi connectivity index (χ1) is 9.30. The molecule has 1 amide bonds. The van der Waals surface area contributed by atoms with Crippen LogP contribution in [0.4, 0.5) is 5.69 Å². The highest BCUT2D eigenvalue weighted by atomic mass is 79.9. The largest absolute Gasteiger partial charge is 0.339 e. The van der Waals surface area contributed by atoms with Gasteiger partial charge >= 0.3 is 0 Å². The molecule has 1 aromatic carbocycles. The Morgan fingerprint density at radius 3 is 2.50 bits per heavy atom. The highest BCUT2D eigenvalue weighted by Gasteiger charge is 2.29. The van der Waals surface area contributed by atoms with Gasteiger partial charge in [0.15, 0.2) is 0 Å². The number of carbonyl (C=O) groups excluding carboxylic acids is 1. The third kappa shape index (κ3) is 3.17. The number of hydrogen-bond donors (Lipinski definition) is 0. The van der Waals surface area contributed by atoms with Gasteiger partial charge in [0.2, 0.25) is 0 Å². The molecule has 0 unspecified atom stereocenters. The SMILES string of the molecule is CC1(C)CCN(C(=O)c2cc([N+](=O)[O-])ccc2Br)CC1. The van der Waals surface area contributed by atoms with Crippen LogP contribution in [0.2, 0.25) is 0 Å². The van der Waals surface area contributed by atoms with Gasteiger partial charge in [-0.25, -0.2) is 0 Å². The van der Waals surface area contributed by atoms with Crippen molar-refractivity contribution in [2.45, 2.75) is 26.7 Å². The summed E-state index contributed by atoms with van der Waals surface area (Å²) in [4.78, 5) is 24.6. The minimum Gasteiger partial charge on any atom is -0.339 e. The molecule has 5 nitrogen and oxygen atoms in total. The number of amides is 1. The summed E-state index contributed by atoms with van der Waals surface area (Å²) in [5, 5.41) is 10.8. The fourth-order valence-corrected chi connectivity index (χ4v) is 2.69. The number of hydrogen-bond acceptors (Lipinski definition) is 3. The second-order valence-corrected chi connectivity index (χ2v) is 6.73. The molecular weight excluding hydrogens is 324 g/mol. The van der Waals surface area contributed by atoms with E-state index >= 15 is 0 Å². The summed E-state index contributed by atoms with van der Waals surface area (Å²) in [6.45, 7) is 5.78. The van der Waals surface area contributed by atoms with Gasteiger partial charge < -0.3 is 4.90 Å². The molecular formula is C14H17BrN2O3. The van der Waals surface area contributed by atoms with Gasteiger partial charge in [-0.1, -0.05) is 13.8 Å². The number of nitro groups is 1. The fourth-order valence-electron chi connectivity index (χ4n) is 2.28. The molecule has 20 heavy (non-hydrogen) atoms. The standard InChI is InChI=1S/C14H17BrN2O3/c1-14(2)5-7-16(8-6-14)13(18)11-9-10(17(19)20)3-4-12(11)15/h3-4,9H,5-8H2,1-2H3. The Balaban J connectivity index is 2.21. The summed E-state index contributed by atoms with van der Waals surface area (Å²) in [5.41, 5.74) is 0.559. The number of likely N-dealkylation sites (tertiary alicyclic amines) is 1. The Morgan fingerprint density at radius 2 is 1.95 bits per heavy atom. The third-order valence-corrected chi connectivity index (χ3v) is 4.49. The highest BCUT2D eigenvalue weighted by molar-refractivity contribution is 9.10. The second-order valence-electron chi connectivity index (χ2n) is 5.88. The minimum absolute atomic E-state index is 0.0612. The molecule has 6 heteroatoms. The van der Waals surface area contributed by atoms with Crippen molar-refractivity contribution in [1.29, 1.82) is 0 Å². The molecule has 0 N–H and O–H groups in total. The zero-order valence-corrected chi connectivity index (χ0v) is 13.1. The van der Waals surface area contributed by atoms with Gasteiger partial charge in [-0.15, -0.1) is 0 Å². The number of piperidine rings is 1. The van der Waals surface area contributed by atoms with Crippen molar-refractivity contribution in [3.05, 3.63) is 38.3 Å². The number of halogens is 1. The van der Waals surface area contributed by atoms with Crippen LogP contribution in [0.15, 0.2) is 22.7 Å². The monoisotopic (exact) mass is 340 g/mol. The molecule has 1 aromatic rings. The molecule has 0 bridgehead atoms. The highest BCUT2D eigenvalue weighted by Crippen LogP contribution is 2.31. The van der Waals surface area contributed by atoms with Crippen LogP contribution in [0.3, 0.4) is 0 Å². The predicted octanol–water partition coefficient (Wildman–Crippen LogP) is 3.62. The molecule has 2 rings (SSSR count). The van der Waals surface area contributed by atoms with Crippen molar-refractivity contribution in [3.63, 3.8) is 0 Å². The molecule has 1 heterocycles. The molecule has 0 radical (unpaired) electrons. The number of nitro benzene ring substituents is 1. The first kappa shape index (κ1) is 15.0. The lowest BCUT2D eigenvalue weighted by molar-refractivity contribution is -0.384. The molecule has 108 valence electrons. The maximum Gasteiger partial charge on any atom is 0.270 e. The van der Waals surface area contributed by atoms with E-state index in [2.05, 4.69) is 29.8 Å². The fraction of sp³-hybridized carbons (Fsp3) is 0.500. The van der Waals surface area contributed by atoms with E-state index < -0.39 is 4.92 Å². The zero-order chi connectivity index (χ0) is 14.9. The second kappa shape index (κ2) is 5.52. The molecule has 1 aliphatic rings. The van der Waals surface area contributed by atoms with Crippen LogP contribution in [-0.2, 0) is 0 Å². The maximum absolute atomic E-state index is 12.5. The summed E-state index contributed by atoms with van der Waals surface area (Å²) in [5.74, 6) is -0.143. The topological polar surface area (TPSA) is 63.5 Å². The van der Waals surface area contributed by atoms with Crippen LogP contribution in [0.25, 0.3) is 0 Å². The van der Waals surface area contributed by atoms with Crippen LogP contribution in [-0.4, -0.2) is 28.8 Å². The molecule has 0 aromatic heterocycles. The van der Waals surface area contributed by atoms with E-state index in [1.165, 1.54) is 12.1 Å². The molecule has 0 saturated carbocycles. The molecule has 0 atom stereocenters. The predicted molar refractivity (Wildman–Crippen MR) is 79.7 cm³/mol. The van der Waals surface area contributed by atoms with Crippen molar-refractivity contribution in [1.82, 2.24) is 4.90 Å². The van der Waals surface area contributed by atoms with Gasteiger partial charge in [-0.05, 0) is 40.3 Å². The van der Waals surface area contributed by atoms with Crippen LogP contribution < -0.4 is 0 Å². The van der Waals surface area contributed by atoms with Crippen molar-refractivity contribution in [2.75, 3.05) is 13.1 Å². The van der Waals surface area contributed by atoms with Gasteiger partial charge in [0.25, 0.3) is 11.6 Å². The summed E-state index contributed by atoms with van der Waals surface area (Å²) in [7, 11) is 0. The van der Waals surface area contributed by atoms with E-state index in [1.807, 2.05) is 0 Å². The molecule has 1 fully saturated rings. The van der Waals surface area contributed by atoms with E-state index in [0.29, 0.717) is 23.1 Å². The quantitative estimate of drug-likeness (QED) is 0.610. The van der Waals surface area contributed by atoms with E-state index in [1.54, 1.807) is 11.0 Å². The lowest BCUT2D eigenvalue weighted by atomic mass is 9.82. The van der Waals surface area contributed by atoms with Crippen molar-refractivity contribution >= 4 is 27.5 Å². The summed E-state index contributed by atoms with van der Waals surface area (Å²) < 4.78 is 0.595. The Bertz CT molecular complexity index is 547. The first-order valence-corrected chi connectivity index (χ1v) is 7.33. The van der Waals surface area contributed by atoms with Crippen LogP contribution in [0, 0.1) is 15.5 Å². The third-order valence-electron chi connectivity index (χ3n) is 3.80. The van der Waals surface area contributed by atoms with Crippen LogP contribution in [0.1, 0.15) is 37.0 Å². The number of nitrogens with zero attached hydrogens (tertiary/aromatic N) is 2. The van der Waals surface area contributed by atoms with Crippen molar-refractivity contribution in [3.8, 4) is 0 Å². The summed E-state index contributed by atoms with van der Waals surface area (Å²) >= 11 is 3.30. The average Bonchev–Trinajstić information content (AvgIpc) is 2.38. The zero-order valence-electron chi connectivity index (χ0n) is 11.6. The lowest BCUT2D eigenvalue weighted by Crippen LogP contribution is -2.41. The van der Waals surface area contributed by atoms with E-state index in [-0.39, 0.29) is 17.0 Å². The van der Waals surface area contributed by atoms with Crippen LogP contribution in [0.5, 0.6) is 0 Å². The minimum atomic E-state index is -0.484. The molecule has 0 spiro atoms. The van der Waals surface area contributed by atoms with Crippen LogP contribution >= 0.6 is 15.9 Å². The Kier molecular flexibility index (Phi) is 4.13. The summed E-state index contributed by atoms with van der Waals surface area (Å²) in [6, 6.07) is 4.28. The van der Waals surface area contributed by atoms with E-state index in [0.717, 1.165) is 12.8 Å². The first-order valence-electron chi connectivity index (χ1n) is 6.53. The molecule has 0 aliphatic carbocycles. The maximum atomic E-state index is 12.5. The number of carbonyl (C=O) groups is 1. The summed E-state index contributed by atoms with van der Waals surface area (Å²) in [6.07, 6.45) is 1.90. The van der Waals surface area contributed by atoms with Gasteiger partial charge in [0, 0.05) is 29.7 Å². The Hall–Kier alpha value is -1.43. The van der Waals surface area contributed by atoms with Gasteiger partial charge in [0.1, 0.15) is 0 Å². The van der Waals surface area contributed by atoms with Crippen molar-refractivity contribution in [2.24, 2.45) is 5.41 Å². The normalized spacial score (nSPS) is 17.9. The smallest absolute Gasteiger partial charge is 0.270 e. The Morgan fingerprint density at radius 1 is 1.35 bits per heavy atom. The van der Waals surface area contributed by atoms with Crippen molar-refractivity contribution < 1.29 is 9.72 Å². The van der Waals surface area contributed by atoms with Gasteiger partial charge in [0.05, 0.1) is 10.5 Å². The molecule has 1 aliphatic heterocycles. The van der Waals surface area contributed by atoms with Gasteiger partial charge in [-0.3, -0.25) is 14.9 Å². The number of rotatable bonds is 2. The lowest BCUT2D eigenvalue weighted by Gasteiger charge is -2.37. The molecule has 1 saturated heterocycles. The van der Waals surface area contributed by atoms with Gasteiger partial charge in [-0.2, -0.15) is 0 Å². The average molecular weight is 341 g/mol. The Labute approximate surface area is 126 Å².